The number of rotatable bonds is 6. The molecule has 1 heterocycles. The van der Waals surface area contributed by atoms with Crippen molar-refractivity contribution in [2.24, 2.45) is 5.92 Å². The molecule has 2 fully saturated rings. The van der Waals surface area contributed by atoms with Gasteiger partial charge in [-0.05, 0) is 51.0 Å². The summed E-state index contributed by atoms with van der Waals surface area (Å²) in [5.41, 5.74) is 0.523. The first-order valence-electron chi connectivity index (χ1n) is 9.49. The average molecular weight is 394 g/mol. The van der Waals surface area contributed by atoms with Crippen molar-refractivity contribution in [2.45, 2.75) is 62.9 Å². The lowest BCUT2D eigenvalue weighted by atomic mass is 10.1. The maximum Gasteiger partial charge on any atom is 0.240 e. The van der Waals surface area contributed by atoms with E-state index in [4.69, 9.17) is 0 Å². The average Bonchev–Trinajstić information content (AvgIpc) is 3.23. The quantitative estimate of drug-likeness (QED) is 0.774. The van der Waals surface area contributed by atoms with Crippen molar-refractivity contribution < 1.29 is 18.0 Å². The second-order valence-corrected chi connectivity index (χ2v) is 9.39. The van der Waals surface area contributed by atoms with Crippen LogP contribution in [0, 0.1) is 5.92 Å². The molecule has 1 saturated carbocycles. The number of carbonyl (C=O) groups excluding carboxylic acids is 2. The Bertz CT molecular complexity index is 799. The van der Waals surface area contributed by atoms with Crippen molar-refractivity contribution in [3.8, 4) is 0 Å². The molecule has 1 saturated heterocycles. The summed E-state index contributed by atoms with van der Waals surface area (Å²) in [7, 11) is -3.56. The molecule has 1 aliphatic heterocycles. The molecule has 0 spiro atoms. The van der Waals surface area contributed by atoms with Crippen LogP contribution in [0.1, 0.15) is 46.0 Å². The highest BCUT2D eigenvalue weighted by molar-refractivity contribution is 7.89. The Morgan fingerprint density at radius 2 is 1.78 bits per heavy atom. The van der Waals surface area contributed by atoms with Gasteiger partial charge in [-0.15, -0.1) is 0 Å². The molecule has 148 valence electrons. The van der Waals surface area contributed by atoms with Crippen LogP contribution in [0.4, 0.5) is 5.69 Å². The van der Waals surface area contributed by atoms with Gasteiger partial charge in [0, 0.05) is 30.7 Å². The molecular weight excluding hydrogens is 366 g/mol. The molecule has 0 aromatic heterocycles. The lowest BCUT2D eigenvalue weighted by molar-refractivity contribution is -0.129. The van der Waals surface area contributed by atoms with Gasteiger partial charge >= 0.3 is 0 Å². The fraction of sp³-hybridized carbons (Fsp3) is 0.579. The zero-order chi connectivity index (χ0) is 19.6. The number of hydrogen-bond acceptors (Lipinski definition) is 4. The molecule has 2 N–H and O–H groups in total. The maximum absolute atomic E-state index is 12.5. The van der Waals surface area contributed by atoms with Gasteiger partial charge in [0.15, 0.2) is 0 Å². The maximum atomic E-state index is 12.5. The Hall–Kier alpha value is -1.93. The van der Waals surface area contributed by atoms with Crippen molar-refractivity contribution in [3.05, 3.63) is 24.3 Å². The van der Waals surface area contributed by atoms with E-state index in [0.29, 0.717) is 12.2 Å². The summed E-state index contributed by atoms with van der Waals surface area (Å²) < 4.78 is 26.8. The molecule has 2 aliphatic rings. The van der Waals surface area contributed by atoms with Crippen molar-refractivity contribution in [3.63, 3.8) is 0 Å². The van der Waals surface area contributed by atoms with Gasteiger partial charge in [0.05, 0.1) is 10.8 Å². The van der Waals surface area contributed by atoms with Gasteiger partial charge in [-0.1, -0.05) is 12.8 Å². The Morgan fingerprint density at radius 3 is 2.37 bits per heavy atom. The molecule has 7 nitrogen and oxygen atoms in total. The summed E-state index contributed by atoms with van der Waals surface area (Å²) in [6, 6.07) is 6.15. The predicted molar refractivity (Wildman–Crippen MR) is 103 cm³/mol. The molecule has 27 heavy (non-hydrogen) atoms. The predicted octanol–water partition coefficient (Wildman–Crippen LogP) is 2.10. The highest BCUT2D eigenvalue weighted by Crippen LogP contribution is 2.30. The molecule has 1 aromatic carbocycles. The number of nitrogens with one attached hydrogen (secondary N) is 2. The summed E-state index contributed by atoms with van der Waals surface area (Å²) >= 11 is 0. The van der Waals surface area contributed by atoms with Crippen LogP contribution in [0.2, 0.25) is 0 Å². The Labute approximate surface area is 160 Å². The Balaban J connectivity index is 1.60. The lowest BCUT2D eigenvalue weighted by Gasteiger charge is -2.23. The van der Waals surface area contributed by atoms with Crippen molar-refractivity contribution in [1.29, 1.82) is 0 Å². The van der Waals surface area contributed by atoms with Crippen LogP contribution in [0.25, 0.3) is 0 Å². The van der Waals surface area contributed by atoms with Gasteiger partial charge < -0.3 is 10.2 Å². The van der Waals surface area contributed by atoms with Crippen LogP contribution in [0.3, 0.4) is 0 Å². The van der Waals surface area contributed by atoms with Crippen molar-refractivity contribution in [1.82, 2.24) is 9.62 Å². The van der Waals surface area contributed by atoms with E-state index in [1.807, 2.05) is 4.90 Å². The molecule has 8 heteroatoms. The van der Waals surface area contributed by atoms with Crippen LogP contribution < -0.4 is 10.0 Å². The van der Waals surface area contributed by atoms with Crippen molar-refractivity contribution in [2.75, 3.05) is 11.9 Å². The van der Waals surface area contributed by atoms with Gasteiger partial charge in [-0.2, -0.15) is 0 Å². The standard InChI is InChI=1S/C19H27N3O4S/c1-13(2)21-27(25,26)17-9-7-15(8-10-17)20-19(24)14-11-18(23)22(12-14)16-5-3-4-6-16/h7-10,13-14,16,21H,3-6,11-12H2,1-2H3,(H,20,24). The van der Waals surface area contributed by atoms with Crippen LogP contribution in [0.15, 0.2) is 29.2 Å². The van der Waals surface area contributed by atoms with E-state index in [0.717, 1.165) is 25.7 Å². The van der Waals surface area contributed by atoms with Crippen LogP contribution in [0.5, 0.6) is 0 Å². The van der Waals surface area contributed by atoms with Gasteiger partial charge in [-0.3, -0.25) is 9.59 Å². The SMILES string of the molecule is CC(C)NS(=O)(=O)c1ccc(NC(=O)C2CC(=O)N(C3CCCC3)C2)cc1. The third-order valence-corrected chi connectivity index (χ3v) is 6.79. The summed E-state index contributed by atoms with van der Waals surface area (Å²) in [4.78, 5) is 26.8. The first-order valence-corrected chi connectivity index (χ1v) is 11.0. The molecule has 0 bridgehead atoms. The molecule has 1 unspecified atom stereocenters. The normalized spacial score (nSPS) is 21.2. The van der Waals surface area contributed by atoms with Gasteiger partial charge in [0.25, 0.3) is 0 Å². The number of likely N-dealkylation sites (tertiary alicyclic amines) is 1. The zero-order valence-corrected chi connectivity index (χ0v) is 16.6. The van der Waals surface area contributed by atoms with Gasteiger partial charge in [-0.25, -0.2) is 13.1 Å². The molecule has 3 rings (SSSR count). The van der Waals surface area contributed by atoms with E-state index < -0.39 is 10.0 Å². The second-order valence-electron chi connectivity index (χ2n) is 7.68. The van der Waals surface area contributed by atoms with E-state index in [9.17, 15) is 18.0 Å². The summed E-state index contributed by atoms with van der Waals surface area (Å²) in [5.74, 6) is -0.493. The van der Waals surface area contributed by atoms with Gasteiger partial charge in [0.2, 0.25) is 21.8 Å². The first kappa shape index (κ1) is 19.8. The fourth-order valence-electron chi connectivity index (χ4n) is 3.82. The summed E-state index contributed by atoms with van der Waals surface area (Å²) in [6.45, 7) is 3.98. The van der Waals surface area contributed by atoms with E-state index in [2.05, 4.69) is 10.0 Å². The number of amides is 2. The van der Waals surface area contributed by atoms with Crippen LogP contribution in [-0.2, 0) is 19.6 Å². The largest absolute Gasteiger partial charge is 0.339 e. The topological polar surface area (TPSA) is 95.6 Å². The van der Waals surface area contributed by atoms with Crippen molar-refractivity contribution >= 4 is 27.5 Å². The third kappa shape index (κ3) is 4.68. The highest BCUT2D eigenvalue weighted by atomic mass is 32.2. The number of hydrogen-bond donors (Lipinski definition) is 2. The fourth-order valence-corrected chi connectivity index (χ4v) is 5.07. The number of carbonyl (C=O) groups is 2. The summed E-state index contributed by atoms with van der Waals surface area (Å²) in [5, 5.41) is 2.80. The Morgan fingerprint density at radius 1 is 1.15 bits per heavy atom. The van der Waals surface area contributed by atoms with E-state index in [1.54, 1.807) is 26.0 Å². The summed E-state index contributed by atoms with van der Waals surface area (Å²) in [6.07, 6.45) is 4.59. The number of sulfonamides is 1. The first-order chi connectivity index (χ1) is 12.8. The van der Waals surface area contributed by atoms with E-state index in [1.165, 1.54) is 12.1 Å². The minimum absolute atomic E-state index is 0.0586. The molecule has 1 aliphatic carbocycles. The van der Waals surface area contributed by atoms with E-state index in [-0.39, 0.29) is 41.1 Å². The Kier molecular flexibility index (Phi) is 5.86. The second kappa shape index (κ2) is 7.98. The molecule has 2 amide bonds. The highest BCUT2D eigenvalue weighted by Gasteiger charge is 2.38. The monoisotopic (exact) mass is 393 g/mol. The number of anilines is 1. The van der Waals surface area contributed by atoms with E-state index >= 15 is 0 Å². The molecular formula is C19H27N3O4S. The van der Waals surface area contributed by atoms with Gasteiger partial charge in [0.1, 0.15) is 0 Å². The lowest BCUT2D eigenvalue weighted by Crippen LogP contribution is -2.35. The van der Waals surface area contributed by atoms with Crippen LogP contribution in [-0.4, -0.2) is 43.8 Å². The third-order valence-electron chi connectivity index (χ3n) is 5.12. The van der Waals surface area contributed by atoms with Crippen LogP contribution >= 0.6 is 0 Å². The molecule has 0 radical (unpaired) electrons. The molecule has 1 atom stereocenters. The number of nitrogens with zero attached hydrogens (tertiary/aromatic N) is 1. The zero-order valence-electron chi connectivity index (χ0n) is 15.8. The smallest absolute Gasteiger partial charge is 0.240 e. The minimum Gasteiger partial charge on any atom is -0.339 e. The minimum atomic E-state index is -3.56. The number of benzene rings is 1. The molecule has 1 aromatic rings.